The third-order valence-electron chi connectivity index (χ3n) is 4.52. The molecule has 2 heterocycles. The van der Waals surface area contributed by atoms with Crippen molar-refractivity contribution in [3.8, 4) is 5.75 Å². The number of hydrogen-bond donors (Lipinski definition) is 0. The summed E-state index contributed by atoms with van der Waals surface area (Å²) in [6.07, 6.45) is 3.34. The van der Waals surface area contributed by atoms with Crippen LogP contribution in [0.5, 0.6) is 5.75 Å². The highest BCUT2D eigenvalue weighted by Gasteiger charge is 2.48. The molecule has 3 aliphatic rings. The molecule has 1 spiro atoms. The molecule has 1 saturated carbocycles. The molecule has 1 aliphatic carbocycles. The maximum absolute atomic E-state index is 13.1. The fourth-order valence-electron chi connectivity index (χ4n) is 3.19. The zero-order valence-electron chi connectivity index (χ0n) is 10.9. The summed E-state index contributed by atoms with van der Waals surface area (Å²) in [6, 6.07) is 5.27. The summed E-state index contributed by atoms with van der Waals surface area (Å²) < 4.78 is 24.7. The topological polar surface area (TPSA) is 21.7 Å². The summed E-state index contributed by atoms with van der Waals surface area (Å²) >= 11 is 0. The van der Waals surface area contributed by atoms with Crippen LogP contribution < -0.4 is 4.74 Å². The number of hydrogen-bond acceptors (Lipinski definition) is 3. The highest BCUT2D eigenvalue weighted by atomic mass is 19.1. The Morgan fingerprint density at radius 3 is 3.05 bits per heavy atom. The minimum Gasteiger partial charge on any atom is -0.492 e. The smallest absolute Gasteiger partial charge is 0.126 e. The predicted octanol–water partition coefficient (Wildman–Crippen LogP) is 1.99. The molecule has 1 unspecified atom stereocenters. The molecule has 4 heteroatoms. The standard InChI is InChI=1S/C15H18FNO2/c16-12-2-1-11-7-13(9-18-14(11)8-12)17-5-6-19-15(10-17)3-4-15/h1-2,8,13H,3-7,9-10H2. The minimum absolute atomic E-state index is 0.154. The number of fused-ring (bicyclic) bond motifs is 1. The van der Waals surface area contributed by atoms with Crippen molar-refractivity contribution in [3.63, 3.8) is 0 Å². The maximum Gasteiger partial charge on any atom is 0.126 e. The molecule has 0 amide bonds. The average Bonchev–Trinajstić information content (AvgIpc) is 3.17. The number of nitrogens with zero attached hydrogens (tertiary/aromatic N) is 1. The minimum atomic E-state index is -0.222. The molecule has 0 N–H and O–H groups in total. The largest absolute Gasteiger partial charge is 0.492 e. The van der Waals surface area contributed by atoms with E-state index >= 15 is 0 Å². The van der Waals surface area contributed by atoms with Crippen LogP contribution in [0, 0.1) is 5.82 Å². The zero-order valence-corrected chi connectivity index (χ0v) is 10.9. The Morgan fingerprint density at radius 1 is 1.32 bits per heavy atom. The molecule has 1 atom stereocenters. The van der Waals surface area contributed by atoms with E-state index in [0.29, 0.717) is 18.4 Å². The van der Waals surface area contributed by atoms with E-state index in [1.807, 2.05) is 6.07 Å². The van der Waals surface area contributed by atoms with E-state index in [0.717, 1.165) is 31.7 Å². The van der Waals surface area contributed by atoms with Gasteiger partial charge in [-0.15, -0.1) is 0 Å². The van der Waals surface area contributed by atoms with Crippen molar-refractivity contribution < 1.29 is 13.9 Å². The van der Waals surface area contributed by atoms with Gasteiger partial charge in [0.05, 0.1) is 12.2 Å². The van der Waals surface area contributed by atoms with Crippen molar-refractivity contribution in [2.24, 2.45) is 0 Å². The quantitative estimate of drug-likeness (QED) is 0.773. The molecule has 1 aromatic carbocycles. The van der Waals surface area contributed by atoms with Crippen LogP contribution in [0.3, 0.4) is 0 Å². The van der Waals surface area contributed by atoms with Gasteiger partial charge in [-0.05, 0) is 30.9 Å². The van der Waals surface area contributed by atoms with Crippen LogP contribution in [0.1, 0.15) is 18.4 Å². The summed E-state index contributed by atoms with van der Waals surface area (Å²) in [5.74, 6) is 0.492. The van der Waals surface area contributed by atoms with Gasteiger partial charge in [-0.2, -0.15) is 0 Å². The van der Waals surface area contributed by atoms with Crippen LogP contribution in [0.2, 0.25) is 0 Å². The van der Waals surface area contributed by atoms with Crippen LogP contribution in [-0.2, 0) is 11.2 Å². The van der Waals surface area contributed by atoms with Crippen LogP contribution in [-0.4, -0.2) is 42.8 Å². The lowest BCUT2D eigenvalue weighted by atomic mass is 10.0. The summed E-state index contributed by atoms with van der Waals surface area (Å²) in [7, 11) is 0. The van der Waals surface area contributed by atoms with Crippen molar-refractivity contribution in [1.82, 2.24) is 4.90 Å². The molecule has 3 nitrogen and oxygen atoms in total. The van der Waals surface area contributed by atoms with Crippen LogP contribution in [0.25, 0.3) is 0 Å². The Morgan fingerprint density at radius 2 is 2.21 bits per heavy atom. The van der Waals surface area contributed by atoms with Gasteiger partial charge in [0, 0.05) is 25.2 Å². The lowest BCUT2D eigenvalue weighted by molar-refractivity contribution is -0.0664. The Labute approximate surface area is 112 Å². The molecular weight excluding hydrogens is 245 g/mol. The second kappa shape index (κ2) is 4.18. The number of rotatable bonds is 1. The molecule has 1 saturated heterocycles. The van der Waals surface area contributed by atoms with Gasteiger partial charge in [-0.3, -0.25) is 4.90 Å². The Balaban J connectivity index is 1.50. The van der Waals surface area contributed by atoms with Crippen molar-refractivity contribution >= 4 is 0 Å². The first-order valence-electron chi connectivity index (χ1n) is 7.03. The van der Waals surface area contributed by atoms with Gasteiger partial charge in [0.2, 0.25) is 0 Å². The number of benzene rings is 1. The lowest BCUT2D eigenvalue weighted by Gasteiger charge is -2.40. The first-order chi connectivity index (χ1) is 9.24. The van der Waals surface area contributed by atoms with Crippen molar-refractivity contribution in [2.45, 2.75) is 30.9 Å². The van der Waals surface area contributed by atoms with Crippen molar-refractivity contribution in [3.05, 3.63) is 29.6 Å². The second-order valence-corrected chi connectivity index (χ2v) is 5.92. The molecule has 0 radical (unpaired) electrons. The third kappa shape index (κ3) is 2.13. The van der Waals surface area contributed by atoms with E-state index in [1.165, 1.54) is 25.0 Å². The zero-order chi connectivity index (χ0) is 12.9. The van der Waals surface area contributed by atoms with Crippen molar-refractivity contribution in [1.29, 1.82) is 0 Å². The van der Waals surface area contributed by atoms with Crippen LogP contribution in [0.4, 0.5) is 4.39 Å². The van der Waals surface area contributed by atoms with E-state index in [2.05, 4.69) is 4.90 Å². The third-order valence-corrected chi connectivity index (χ3v) is 4.52. The number of morpholine rings is 1. The molecule has 0 bridgehead atoms. The van der Waals surface area contributed by atoms with E-state index in [-0.39, 0.29) is 11.4 Å². The maximum atomic E-state index is 13.1. The Bertz CT molecular complexity index is 501. The van der Waals surface area contributed by atoms with E-state index in [9.17, 15) is 4.39 Å². The molecule has 1 aromatic rings. The molecule has 4 rings (SSSR count). The van der Waals surface area contributed by atoms with Crippen LogP contribution in [0.15, 0.2) is 18.2 Å². The highest BCUT2D eigenvalue weighted by molar-refractivity contribution is 5.36. The summed E-state index contributed by atoms with van der Waals surface area (Å²) in [4.78, 5) is 2.49. The molecule has 19 heavy (non-hydrogen) atoms. The highest BCUT2D eigenvalue weighted by Crippen LogP contribution is 2.42. The number of halogens is 1. The van der Waals surface area contributed by atoms with E-state index in [1.54, 1.807) is 0 Å². The second-order valence-electron chi connectivity index (χ2n) is 5.92. The Hall–Kier alpha value is -1.13. The van der Waals surface area contributed by atoms with Crippen LogP contribution >= 0.6 is 0 Å². The van der Waals surface area contributed by atoms with E-state index in [4.69, 9.17) is 9.47 Å². The fraction of sp³-hybridized carbons (Fsp3) is 0.600. The summed E-state index contributed by atoms with van der Waals surface area (Å²) in [5.41, 5.74) is 1.27. The number of ether oxygens (including phenoxy) is 2. The molecule has 102 valence electrons. The van der Waals surface area contributed by atoms with Gasteiger partial charge in [-0.1, -0.05) is 6.07 Å². The van der Waals surface area contributed by atoms with Gasteiger partial charge < -0.3 is 9.47 Å². The molecular formula is C15H18FNO2. The lowest BCUT2D eigenvalue weighted by Crippen LogP contribution is -2.52. The van der Waals surface area contributed by atoms with Gasteiger partial charge in [0.15, 0.2) is 0 Å². The van der Waals surface area contributed by atoms with Gasteiger partial charge >= 0.3 is 0 Å². The van der Waals surface area contributed by atoms with E-state index < -0.39 is 0 Å². The van der Waals surface area contributed by atoms with Gasteiger partial charge in [0.25, 0.3) is 0 Å². The van der Waals surface area contributed by atoms with Gasteiger partial charge in [0.1, 0.15) is 18.2 Å². The van der Waals surface area contributed by atoms with Crippen molar-refractivity contribution in [2.75, 3.05) is 26.3 Å². The monoisotopic (exact) mass is 263 g/mol. The van der Waals surface area contributed by atoms with Gasteiger partial charge in [-0.25, -0.2) is 4.39 Å². The first kappa shape index (κ1) is 11.7. The summed E-state index contributed by atoms with van der Waals surface area (Å²) in [6.45, 7) is 3.49. The SMILES string of the molecule is Fc1ccc2c(c1)OCC(N1CCOC3(CC3)C1)C2. The fourth-order valence-corrected chi connectivity index (χ4v) is 3.19. The molecule has 0 aromatic heterocycles. The predicted molar refractivity (Wildman–Crippen MR) is 68.9 cm³/mol. The first-order valence-corrected chi connectivity index (χ1v) is 7.03. The average molecular weight is 263 g/mol. The Kier molecular flexibility index (Phi) is 2.57. The molecule has 2 aliphatic heterocycles. The normalized spacial score (nSPS) is 28.8. The molecule has 2 fully saturated rings. The summed E-state index contributed by atoms with van der Waals surface area (Å²) in [5, 5.41) is 0.